The summed E-state index contributed by atoms with van der Waals surface area (Å²) in [7, 11) is 0. The van der Waals surface area contributed by atoms with Gasteiger partial charge in [-0.05, 0) is 43.3 Å². The Morgan fingerprint density at radius 1 is 1.33 bits per heavy atom. The number of ether oxygens (including phenoxy) is 1. The zero-order valence-electron chi connectivity index (χ0n) is 16.2. The zero-order valence-corrected chi connectivity index (χ0v) is 18.5. The van der Waals surface area contributed by atoms with Crippen LogP contribution < -0.4 is 21.9 Å². The van der Waals surface area contributed by atoms with Crippen LogP contribution >= 0.6 is 35.4 Å². The third kappa shape index (κ3) is 5.61. The number of nitrogens with zero attached hydrogens (tertiary/aromatic N) is 1. The van der Waals surface area contributed by atoms with E-state index in [1.807, 2.05) is 12.1 Å². The Balaban J connectivity index is 1.47. The number of aromatic nitrogens is 2. The van der Waals surface area contributed by atoms with Crippen molar-refractivity contribution in [3.63, 3.8) is 0 Å². The molecule has 3 atom stereocenters. The van der Waals surface area contributed by atoms with Crippen molar-refractivity contribution in [1.82, 2.24) is 20.2 Å². The first-order chi connectivity index (χ1) is 14.2. The van der Waals surface area contributed by atoms with Crippen molar-refractivity contribution < 1.29 is 9.84 Å². The molecule has 3 rings (SSSR count). The highest BCUT2D eigenvalue weighted by molar-refractivity contribution is 7.80. The lowest BCUT2D eigenvalue weighted by atomic mass is 10.1. The molecule has 30 heavy (non-hydrogen) atoms. The molecule has 0 spiro atoms. The van der Waals surface area contributed by atoms with Crippen LogP contribution in [-0.4, -0.2) is 45.1 Å². The summed E-state index contributed by atoms with van der Waals surface area (Å²) in [6.45, 7) is 2.46. The quantitative estimate of drug-likeness (QED) is 0.471. The highest BCUT2D eigenvalue weighted by Gasteiger charge is 2.35. The van der Waals surface area contributed by atoms with E-state index in [9.17, 15) is 14.7 Å². The third-order valence-corrected chi connectivity index (χ3v) is 5.84. The van der Waals surface area contributed by atoms with E-state index in [2.05, 4.69) is 15.6 Å². The average molecular weight is 473 g/mol. The Labute approximate surface area is 188 Å². The van der Waals surface area contributed by atoms with Crippen LogP contribution in [0, 0.1) is 6.92 Å². The first-order valence-corrected chi connectivity index (χ1v) is 10.5. The minimum atomic E-state index is -0.777. The van der Waals surface area contributed by atoms with E-state index in [1.165, 1.54) is 10.8 Å². The van der Waals surface area contributed by atoms with Gasteiger partial charge in [-0.15, -0.1) is 0 Å². The van der Waals surface area contributed by atoms with Crippen LogP contribution in [0.15, 0.2) is 34.0 Å². The predicted molar refractivity (Wildman–Crippen MR) is 119 cm³/mol. The van der Waals surface area contributed by atoms with Gasteiger partial charge in [0.1, 0.15) is 12.3 Å². The zero-order chi connectivity index (χ0) is 21.8. The maximum Gasteiger partial charge on any atom is 0.330 e. The molecule has 0 amide bonds. The number of hydrogen-bond acceptors (Lipinski definition) is 5. The molecular weight excluding hydrogens is 451 g/mol. The summed E-state index contributed by atoms with van der Waals surface area (Å²) in [6.07, 6.45) is 0.382. The number of nitrogens with one attached hydrogen (secondary N) is 3. The van der Waals surface area contributed by atoms with Crippen LogP contribution in [0.3, 0.4) is 0 Å². The van der Waals surface area contributed by atoms with Crippen LogP contribution in [-0.2, 0) is 11.2 Å². The Morgan fingerprint density at radius 3 is 2.83 bits per heavy atom. The molecule has 11 heteroatoms. The van der Waals surface area contributed by atoms with Crippen molar-refractivity contribution in [1.29, 1.82) is 0 Å². The van der Waals surface area contributed by atoms with Crippen LogP contribution in [0.25, 0.3) is 0 Å². The first kappa shape index (κ1) is 22.8. The molecule has 1 aromatic carbocycles. The second-order valence-electron chi connectivity index (χ2n) is 7.05. The second kappa shape index (κ2) is 9.93. The molecule has 4 N–H and O–H groups in total. The number of hydrogen-bond donors (Lipinski definition) is 4. The second-order valence-corrected chi connectivity index (χ2v) is 8.27. The average Bonchev–Trinajstić information content (AvgIpc) is 3.06. The van der Waals surface area contributed by atoms with Crippen molar-refractivity contribution in [2.45, 2.75) is 38.2 Å². The van der Waals surface area contributed by atoms with Gasteiger partial charge in [-0.3, -0.25) is 14.3 Å². The minimum absolute atomic E-state index is 0.231. The SMILES string of the molecule is Cc1cn([C@@H]2C[C@H](O)[C@@H](CNC(=S)NCCc3ccc(Cl)c(Cl)c3)O2)c(=O)[nH]c1=O. The molecular formula is C19H22Cl2N4O4S. The van der Waals surface area contributed by atoms with Gasteiger partial charge in [-0.25, -0.2) is 4.79 Å². The fraction of sp³-hybridized carbons (Fsp3) is 0.421. The summed E-state index contributed by atoms with van der Waals surface area (Å²) in [4.78, 5) is 25.8. The van der Waals surface area contributed by atoms with Crippen molar-refractivity contribution >= 4 is 40.5 Å². The van der Waals surface area contributed by atoms with Crippen LogP contribution in [0.2, 0.25) is 10.0 Å². The Morgan fingerprint density at radius 2 is 2.10 bits per heavy atom. The third-order valence-electron chi connectivity index (χ3n) is 4.81. The fourth-order valence-electron chi connectivity index (χ4n) is 3.14. The van der Waals surface area contributed by atoms with Crippen LogP contribution in [0.4, 0.5) is 0 Å². The molecule has 1 saturated heterocycles. The summed E-state index contributed by atoms with van der Waals surface area (Å²) in [5.74, 6) is 0. The highest BCUT2D eigenvalue weighted by atomic mass is 35.5. The normalized spacial score (nSPS) is 20.9. The topological polar surface area (TPSA) is 108 Å². The number of halogens is 2. The molecule has 1 aromatic heterocycles. The van der Waals surface area contributed by atoms with Crippen molar-refractivity contribution in [2.75, 3.05) is 13.1 Å². The van der Waals surface area contributed by atoms with Gasteiger partial charge in [0.2, 0.25) is 0 Å². The molecule has 0 saturated carbocycles. The molecule has 8 nitrogen and oxygen atoms in total. The maximum absolute atomic E-state index is 12.0. The lowest BCUT2D eigenvalue weighted by Gasteiger charge is -2.18. The maximum atomic E-state index is 12.0. The molecule has 162 valence electrons. The minimum Gasteiger partial charge on any atom is -0.390 e. The summed E-state index contributed by atoms with van der Waals surface area (Å²) >= 11 is 17.2. The van der Waals surface area contributed by atoms with E-state index >= 15 is 0 Å². The monoisotopic (exact) mass is 472 g/mol. The lowest BCUT2D eigenvalue weighted by molar-refractivity contribution is -0.0173. The van der Waals surface area contributed by atoms with Crippen molar-refractivity contribution in [3.8, 4) is 0 Å². The molecule has 0 radical (unpaired) electrons. The number of aryl methyl sites for hydroxylation is 1. The Kier molecular flexibility index (Phi) is 7.54. The van der Waals surface area contributed by atoms with Gasteiger partial charge in [0.25, 0.3) is 5.56 Å². The first-order valence-electron chi connectivity index (χ1n) is 9.36. The van der Waals surface area contributed by atoms with E-state index < -0.39 is 29.7 Å². The highest BCUT2D eigenvalue weighted by Crippen LogP contribution is 2.27. The van der Waals surface area contributed by atoms with Gasteiger partial charge < -0.3 is 20.5 Å². The van der Waals surface area contributed by atoms with E-state index in [4.69, 9.17) is 40.2 Å². The Hall–Kier alpha value is -1.91. The summed E-state index contributed by atoms with van der Waals surface area (Å²) in [5.41, 5.74) is 0.404. The molecule has 0 aliphatic carbocycles. The largest absolute Gasteiger partial charge is 0.390 e. The number of thiocarbonyl (C=S) groups is 1. The molecule has 1 aliphatic rings. The molecule has 1 fully saturated rings. The molecule has 0 bridgehead atoms. The lowest BCUT2D eigenvalue weighted by Crippen LogP contribution is -2.42. The number of aliphatic hydroxyl groups is 1. The summed E-state index contributed by atoms with van der Waals surface area (Å²) in [6, 6.07) is 5.46. The standard InChI is InChI=1S/C19H22Cl2N4O4S/c1-10-9-25(19(28)24-17(10)27)16-7-14(26)15(29-16)8-23-18(30)22-5-4-11-2-3-12(20)13(21)6-11/h2-3,6,9,14-16,26H,4-5,7-8H2,1H3,(H2,22,23,30)(H,24,27,28)/t14-,15+,16-/m0/s1. The van der Waals surface area contributed by atoms with Gasteiger partial charge >= 0.3 is 5.69 Å². The van der Waals surface area contributed by atoms with Gasteiger partial charge in [0.05, 0.1) is 16.1 Å². The number of aliphatic hydroxyl groups excluding tert-OH is 1. The van der Waals surface area contributed by atoms with Crippen molar-refractivity contribution in [3.05, 3.63) is 66.4 Å². The molecule has 2 heterocycles. The summed E-state index contributed by atoms with van der Waals surface area (Å²) in [5, 5.41) is 17.8. The van der Waals surface area contributed by atoms with E-state index in [1.54, 1.807) is 13.0 Å². The molecule has 1 aliphatic heterocycles. The molecule has 0 unspecified atom stereocenters. The summed E-state index contributed by atoms with van der Waals surface area (Å²) < 4.78 is 7.08. The number of benzene rings is 1. The van der Waals surface area contributed by atoms with E-state index in [0.29, 0.717) is 33.7 Å². The van der Waals surface area contributed by atoms with Gasteiger partial charge in [0.15, 0.2) is 5.11 Å². The fourth-order valence-corrected chi connectivity index (χ4v) is 3.65. The van der Waals surface area contributed by atoms with Crippen LogP contribution in [0.1, 0.15) is 23.8 Å². The van der Waals surface area contributed by atoms with E-state index in [-0.39, 0.29) is 13.0 Å². The number of H-pyrrole nitrogens is 1. The van der Waals surface area contributed by atoms with Crippen molar-refractivity contribution in [2.24, 2.45) is 0 Å². The van der Waals surface area contributed by atoms with Gasteiger partial charge in [-0.1, -0.05) is 29.3 Å². The number of rotatable bonds is 6. The predicted octanol–water partition coefficient (Wildman–Crippen LogP) is 1.51. The number of aromatic amines is 1. The Bertz CT molecular complexity index is 1040. The van der Waals surface area contributed by atoms with Gasteiger partial charge in [-0.2, -0.15) is 0 Å². The smallest absolute Gasteiger partial charge is 0.330 e. The van der Waals surface area contributed by atoms with E-state index in [0.717, 1.165) is 5.56 Å². The van der Waals surface area contributed by atoms with Gasteiger partial charge in [0, 0.05) is 31.3 Å². The van der Waals surface area contributed by atoms with Crippen LogP contribution in [0.5, 0.6) is 0 Å². The molecule has 2 aromatic rings.